The van der Waals surface area contributed by atoms with Gasteiger partial charge in [-0.15, -0.1) is 0 Å². The fourth-order valence-corrected chi connectivity index (χ4v) is 3.27. The van der Waals surface area contributed by atoms with E-state index in [1.54, 1.807) is 37.3 Å². The van der Waals surface area contributed by atoms with Crippen LogP contribution in [0.3, 0.4) is 0 Å². The van der Waals surface area contributed by atoms with Gasteiger partial charge in [0.15, 0.2) is 17.6 Å². The van der Waals surface area contributed by atoms with E-state index >= 15 is 0 Å². The first-order valence-electron chi connectivity index (χ1n) is 8.98. The molecular weight excluding hydrogens is 396 g/mol. The van der Waals surface area contributed by atoms with Crippen LogP contribution in [-0.4, -0.2) is 59.1 Å². The predicted molar refractivity (Wildman–Crippen MR) is 109 cm³/mol. The van der Waals surface area contributed by atoms with Crippen LogP contribution in [0.5, 0.6) is 17.2 Å². The predicted octanol–water partition coefficient (Wildman–Crippen LogP) is 1.91. The summed E-state index contributed by atoms with van der Waals surface area (Å²) in [6.45, 7) is 2.15. The molecule has 8 nitrogen and oxygen atoms in total. The van der Waals surface area contributed by atoms with Crippen molar-refractivity contribution in [2.75, 3.05) is 34.4 Å². The molecular formula is C20H26N2O6S. The Hall–Kier alpha value is -2.78. The maximum absolute atomic E-state index is 12.2. The number of rotatable bonds is 10. The first-order chi connectivity index (χ1) is 13.8. The van der Waals surface area contributed by atoms with Gasteiger partial charge in [-0.3, -0.25) is 4.79 Å². The van der Waals surface area contributed by atoms with E-state index in [0.717, 1.165) is 4.31 Å². The van der Waals surface area contributed by atoms with Crippen molar-refractivity contribution in [3.8, 4) is 17.2 Å². The van der Waals surface area contributed by atoms with Gasteiger partial charge in [-0.2, -0.15) is 0 Å². The third-order valence-corrected chi connectivity index (χ3v) is 5.84. The molecule has 2 rings (SSSR count). The Morgan fingerprint density at radius 2 is 1.69 bits per heavy atom. The van der Waals surface area contributed by atoms with Crippen molar-refractivity contribution in [1.29, 1.82) is 0 Å². The van der Waals surface area contributed by atoms with Crippen LogP contribution in [-0.2, 0) is 14.8 Å². The summed E-state index contributed by atoms with van der Waals surface area (Å²) in [6, 6.07) is 13.2. The lowest BCUT2D eigenvalue weighted by molar-refractivity contribution is -0.127. The lowest BCUT2D eigenvalue weighted by atomic mass is 10.3. The van der Waals surface area contributed by atoms with Crippen LogP contribution in [0.2, 0.25) is 0 Å². The number of methoxy groups -OCH3 is 1. The first-order valence-corrected chi connectivity index (χ1v) is 10.4. The largest absolute Gasteiger partial charge is 0.493 e. The topological polar surface area (TPSA) is 94.2 Å². The Morgan fingerprint density at radius 1 is 1.07 bits per heavy atom. The van der Waals surface area contributed by atoms with E-state index in [2.05, 4.69) is 5.32 Å². The van der Waals surface area contributed by atoms with E-state index in [0.29, 0.717) is 17.2 Å². The smallest absolute Gasteiger partial charge is 0.260 e. The van der Waals surface area contributed by atoms with Crippen molar-refractivity contribution in [3.05, 3.63) is 48.5 Å². The lowest BCUT2D eigenvalue weighted by Crippen LogP contribution is -2.38. The van der Waals surface area contributed by atoms with Gasteiger partial charge in [0.05, 0.1) is 18.6 Å². The minimum absolute atomic E-state index is 0.186. The van der Waals surface area contributed by atoms with Gasteiger partial charge in [-0.25, -0.2) is 12.7 Å². The Bertz CT molecular complexity index is 913. The van der Waals surface area contributed by atoms with Crippen LogP contribution in [0.4, 0.5) is 0 Å². The van der Waals surface area contributed by atoms with Gasteiger partial charge in [0.25, 0.3) is 5.91 Å². The number of sulfonamides is 1. The van der Waals surface area contributed by atoms with Gasteiger partial charge >= 0.3 is 0 Å². The maximum atomic E-state index is 12.2. The summed E-state index contributed by atoms with van der Waals surface area (Å²) in [4.78, 5) is 12.4. The molecule has 0 heterocycles. The molecule has 1 N–H and O–H groups in total. The average Bonchev–Trinajstić information content (AvgIpc) is 2.71. The highest BCUT2D eigenvalue weighted by molar-refractivity contribution is 7.89. The minimum Gasteiger partial charge on any atom is -0.493 e. The van der Waals surface area contributed by atoms with Crippen LogP contribution >= 0.6 is 0 Å². The molecule has 158 valence electrons. The summed E-state index contributed by atoms with van der Waals surface area (Å²) in [7, 11) is 1.01. The second kappa shape index (κ2) is 10.1. The molecule has 9 heteroatoms. The monoisotopic (exact) mass is 422 g/mol. The normalized spacial score (nSPS) is 12.3. The molecule has 0 radical (unpaired) electrons. The molecule has 0 aromatic heterocycles. The number of carbonyl (C=O) groups excluding carboxylic acids is 1. The summed E-state index contributed by atoms with van der Waals surface area (Å²) >= 11 is 0. The zero-order chi connectivity index (χ0) is 21.4. The van der Waals surface area contributed by atoms with Crippen molar-refractivity contribution in [3.63, 3.8) is 0 Å². The second-order valence-electron chi connectivity index (χ2n) is 6.31. The number of ether oxygens (including phenoxy) is 3. The van der Waals surface area contributed by atoms with Crippen LogP contribution in [0.15, 0.2) is 53.4 Å². The zero-order valence-corrected chi connectivity index (χ0v) is 17.7. The van der Waals surface area contributed by atoms with Crippen molar-refractivity contribution in [2.24, 2.45) is 0 Å². The Labute approximate surface area is 171 Å². The van der Waals surface area contributed by atoms with E-state index in [9.17, 15) is 13.2 Å². The Morgan fingerprint density at radius 3 is 2.28 bits per heavy atom. The molecule has 29 heavy (non-hydrogen) atoms. The van der Waals surface area contributed by atoms with Gasteiger partial charge < -0.3 is 19.5 Å². The summed E-state index contributed by atoms with van der Waals surface area (Å²) in [5, 5.41) is 2.73. The number of hydrogen-bond donors (Lipinski definition) is 1. The average molecular weight is 423 g/mol. The van der Waals surface area contributed by atoms with Crippen molar-refractivity contribution < 1.29 is 27.4 Å². The number of para-hydroxylation sites is 2. The Kier molecular flexibility index (Phi) is 7.86. The summed E-state index contributed by atoms with van der Waals surface area (Å²) < 4.78 is 41.6. The molecule has 0 aliphatic rings. The fraction of sp³-hybridized carbons (Fsp3) is 0.350. The fourth-order valence-electron chi connectivity index (χ4n) is 2.37. The van der Waals surface area contributed by atoms with Crippen LogP contribution in [0, 0.1) is 0 Å². The second-order valence-corrected chi connectivity index (χ2v) is 8.46. The number of hydrogen-bond acceptors (Lipinski definition) is 6. The molecule has 0 saturated heterocycles. The highest BCUT2D eigenvalue weighted by Crippen LogP contribution is 2.26. The van der Waals surface area contributed by atoms with Crippen molar-refractivity contribution in [1.82, 2.24) is 9.62 Å². The summed E-state index contributed by atoms with van der Waals surface area (Å²) in [5.41, 5.74) is 0. The molecule has 1 unspecified atom stereocenters. The molecule has 0 aliphatic heterocycles. The van der Waals surface area contributed by atoms with Crippen molar-refractivity contribution >= 4 is 15.9 Å². The molecule has 0 spiro atoms. The van der Waals surface area contributed by atoms with E-state index in [-0.39, 0.29) is 24.0 Å². The standard InChI is InChI=1S/C20H26N2O6S/c1-15(28-19-8-6-5-7-18(19)26-4)20(23)21-13-14-27-16-9-11-17(12-10-16)29(24,25)22(2)3/h5-12,15H,13-14H2,1-4H3,(H,21,23). The van der Waals surface area contributed by atoms with Crippen LogP contribution in [0.1, 0.15) is 6.92 Å². The number of nitrogens with one attached hydrogen (secondary N) is 1. The molecule has 0 aliphatic carbocycles. The number of amides is 1. The molecule has 2 aromatic carbocycles. The quantitative estimate of drug-likeness (QED) is 0.588. The highest BCUT2D eigenvalue weighted by atomic mass is 32.2. The van der Waals surface area contributed by atoms with Gasteiger partial charge in [0, 0.05) is 14.1 Å². The number of nitrogens with zero attached hydrogens (tertiary/aromatic N) is 1. The summed E-state index contributed by atoms with van der Waals surface area (Å²) in [6.07, 6.45) is -0.707. The van der Waals surface area contributed by atoms with E-state index in [4.69, 9.17) is 14.2 Å². The van der Waals surface area contributed by atoms with Gasteiger partial charge in [-0.05, 0) is 43.3 Å². The third-order valence-electron chi connectivity index (χ3n) is 4.01. The van der Waals surface area contributed by atoms with E-state index < -0.39 is 16.1 Å². The van der Waals surface area contributed by atoms with E-state index in [1.807, 2.05) is 6.07 Å². The minimum atomic E-state index is -3.47. The SMILES string of the molecule is COc1ccccc1OC(C)C(=O)NCCOc1ccc(S(=O)(=O)N(C)C)cc1. The van der Waals surface area contributed by atoms with Gasteiger partial charge in [0.1, 0.15) is 12.4 Å². The summed E-state index contributed by atoms with van der Waals surface area (Å²) in [5.74, 6) is 1.26. The van der Waals surface area contributed by atoms with Crippen LogP contribution < -0.4 is 19.5 Å². The maximum Gasteiger partial charge on any atom is 0.260 e. The van der Waals surface area contributed by atoms with Gasteiger partial charge in [0.2, 0.25) is 10.0 Å². The first kappa shape index (κ1) is 22.5. The molecule has 0 fully saturated rings. The molecule has 2 aromatic rings. The third kappa shape index (κ3) is 6.10. The molecule has 1 amide bonds. The lowest BCUT2D eigenvalue weighted by Gasteiger charge is -2.16. The molecule has 0 saturated carbocycles. The Balaban J connectivity index is 1.79. The number of benzene rings is 2. The number of carbonyl (C=O) groups is 1. The zero-order valence-electron chi connectivity index (χ0n) is 16.9. The van der Waals surface area contributed by atoms with Crippen molar-refractivity contribution in [2.45, 2.75) is 17.9 Å². The molecule has 1 atom stereocenters. The highest BCUT2D eigenvalue weighted by Gasteiger charge is 2.17. The molecule has 0 bridgehead atoms. The van der Waals surface area contributed by atoms with Crippen LogP contribution in [0.25, 0.3) is 0 Å². The van der Waals surface area contributed by atoms with Gasteiger partial charge in [-0.1, -0.05) is 12.1 Å². The van der Waals surface area contributed by atoms with E-state index in [1.165, 1.54) is 33.3 Å².